The van der Waals surface area contributed by atoms with Crippen molar-refractivity contribution in [2.24, 2.45) is 0 Å². The molecule has 3 heteroatoms. The quantitative estimate of drug-likeness (QED) is 0.624. The van der Waals surface area contributed by atoms with Crippen molar-refractivity contribution in [2.75, 3.05) is 11.9 Å². The summed E-state index contributed by atoms with van der Waals surface area (Å²) in [6.45, 7) is 9.16. The molecule has 2 aromatic rings. The molecular weight excluding hydrogens is 310 g/mol. The number of amides is 1. The molecule has 1 amide bonds. The van der Waals surface area contributed by atoms with E-state index in [1.54, 1.807) is 0 Å². The van der Waals surface area contributed by atoms with Gasteiger partial charge in [0.1, 0.15) is 5.75 Å². The molecule has 0 saturated carbocycles. The fourth-order valence-corrected chi connectivity index (χ4v) is 2.84. The van der Waals surface area contributed by atoms with Gasteiger partial charge in [-0.1, -0.05) is 64.1 Å². The first-order valence-electron chi connectivity index (χ1n) is 9.09. The van der Waals surface area contributed by atoms with Crippen molar-refractivity contribution in [2.45, 2.75) is 52.4 Å². The van der Waals surface area contributed by atoms with Crippen LogP contribution in [-0.4, -0.2) is 12.5 Å². The number of rotatable bonds is 8. The fourth-order valence-electron chi connectivity index (χ4n) is 2.84. The predicted molar refractivity (Wildman–Crippen MR) is 104 cm³/mol. The van der Waals surface area contributed by atoms with Gasteiger partial charge < -0.3 is 10.1 Å². The van der Waals surface area contributed by atoms with Gasteiger partial charge in [-0.25, -0.2) is 0 Å². The van der Waals surface area contributed by atoms with Crippen LogP contribution < -0.4 is 10.1 Å². The van der Waals surface area contributed by atoms with E-state index in [2.05, 4.69) is 51.2 Å². The number of para-hydroxylation sites is 2. The minimum atomic E-state index is 0.0478. The Kier molecular flexibility index (Phi) is 7.05. The van der Waals surface area contributed by atoms with Crippen LogP contribution in [0.2, 0.25) is 0 Å². The minimum absolute atomic E-state index is 0.0478. The van der Waals surface area contributed by atoms with E-state index in [1.807, 2.05) is 30.3 Å². The summed E-state index contributed by atoms with van der Waals surface area (Å²) in [4.78, 5) is 12.4. The lowest BCUT2D eigenvalue weighted by Gasteiger charge is -2.20. The summed E-state index contributed by atoms with van der Waals surface area (Å²) < 4.78 is 5.65. The molecule has 25 heavy (non-hydrogen) atoms. The largest absolute Gasteiger partial charge is 0.494 e. The van der Waals surface area contributed by atoms with Crippen molar-refractivity contribution in [3.8, 4) is 5.75 Å². The molecule has 134 valence electrons. The number of anilines is 1. The Balaban J connectivity index is 1.93. The Morgan fingerprint density at radius 1 is 0.920 bits per heavy atom. The molecule has 2 rings (SSSR count). The lowest BCUT2D eigenvalue weighted by Crippen LogP contribution is -2.16. The van der Waals surface area contributed by atoms with E-state index < -0.39 is 0 Å². The van der Waals surface area contributed by atoms with Gasteiger partial charge in [0.05, 0.1) is 6.61 Å². The zero-order valence-corrected chi connectivity index (χ0v) is 15.7. The van der Waals surface area contributed by atoms with Gasteiger partial charge in [0.15, 0.2) is 0 Å². The lowest BCUT2D eigenvalue weighted by atomic mass is 9.92. The number of hydrogen-bond donors (Lipinski definition) is 1. The number of carbonyl (C=O) groups excluding carboxylic acids is 1. The zero-order chi connectivity index (χ0) is 18.2. The molecule has 0 aromatic heterocycles. The third kappa shape index (κ3) is 5.63. The smallest absolute Gasteiger partial charge is 0.224 e. The maximum atomic E-state index is 12.4. The van der Waals surface area contributed by atoms with Gasteiger partial charge in [0, 0.05) is 12.1 Å². The SMILES string of the molecule is CC(C)c1cccc(C(C)C)c1NC(=O)CCCOc1ccccc1. The first kappa shape index (κ1) is 19.0. The van der Waals surface area contributed by atoms with Crippen LogP contribution in [0.15, 0.2) is 48.5 Å². The van der Waals surface area contributed by atoms with Gasteiger partial charge >= 0.3 is 0 Å². The topological polar surface area (TPSA) is 38.3 Å². The van der Waals surface area contributed by atoms with Crippen molar-refractivity contribution >= 4 is 11.6 Å². The summed E-state index contributed by atoms with van der Waals surface area (Å²) in [6, 6.07) is 16.0. The molecule has 0 radical (unpaired) electrons. The van der Waals surface area contributed by atoms with E-state index in [4.69, 9.17) is 4.74 Å². The lowest BCUT2D eigenvalue weighted by molar-refractivity contribution is -0.116. The molecule has 0 atom stereocenters. The Labute approximate surface area is 151 Å². The van der Waals surface area contributed by atoms with Crippen LogP contribution in [0.1, 0.15) is 63.5 Å². The highest BCUT2D eigenvalue weighted by Gasteiger charge is 2.15. The van der Waals surface area contributed by atoms with Crippen LogP contribution >= 0.6 is 0 Å². The second-order valence-corrected chi connectivity index (χ2v) is 6.93. The number of carbonyl (C=O) groups is 1. The van der Waals surface area contributed by atoms with Crippen LogP contribution in [-0.2, 0) is 4.79 Å². The summed E-state index contributed by atoms with van der Waals surface area (Å²) in [6.07, 6.45) is 1.15. The van der Waals surface area contributed by atoms with Crippen molar-refractivity contribution < 1.29 is 9.53 Å². The third-order valence-electron chi connectivity index (χ3n) is 4.20. The van der Waals surface area contributed by atoms with E-state index in [9.17, 15) is 4.79 Å². The predicted octanol–water partition coefficient (Wildman–Crippen LogP) is 5.73. The molecule has 0 fully saturated rings. The van der Waals surface area contributed by atoms with E-state index in [-0.39, 0.29) is 5.91 Å². The molecule has 0 bridgehead atoms. The van der Waals surface area contributed by atoms with Gasteiger partial charge in [0.25, 0.3) is 0 Å². The number of nitrogens with one attached hydrogen (secondary N) is 1. The maximum absolute atomic E-state index is 12.4. The van der Waals surface area contributed by atoms with Crippen molar-refractivity contribution in [3.05, 3.63) is 59.7 Å². The van der Waals surface area contributed by atoms with E-state index in [1.165, 1.54) is 11.1 Å². The Hall–Kier alpha value is -2.29. The van der Waals surface area contributed by atoms with Crippen molar-refractivity contribution in [1.29, 1.82) is 0 Å². The molecule has 0 saturated heterocycles. The van der Waals surface area contributed by atoms with Crippen molar-refractivity contribution in [1.82, 2.24) is 0 Å². The first-order valence-corrected chi connectivity index (χ1v) is 9.09. The number of benzene rings is 2. The Morgan fingerprint density at radius 2 is 1.52 bits per heavy atom. The van der Waals surface area contributed by atoms with Crippen LogP contribution in [0, 0.1) is 0 Å². The van der Waals surface area contributed by atoms with Gasteiger partial charge in [0.2, 0.25) is 5.91 Å². The van der Waals surface area contributed by atoms with Crippen LogP contribution in [0.3, 0.4) is 0 Å². The van der Waals surface area contributed by atoms with Crippen LogP contribution in [0.5, 0.6) is 5.75 Å². The van der Waals surface area contributed by atoms with E-state index in [0.717, 1.165) is 11.4 Å². The highest BCUT2D eigenvalue weighted by atomic mass is 16.5. The highest BCUT2D eigenvalue weighted by molar-refractivity contribution is 5.92. The molecular formula is C22H29NO2. The molecule has 0 unspecified atom stereocenters. The minimum Gasteiger partial charge on any atom is -0.494 e. The highest BCUT2D eigenvalue weighted by Crippen LogP contribution is 2.32. The average molecular weight is 339 g/mol. The first-order chi connectivity index (χ1) is 12.0. The summed E-state index contributed by atoms with van der Waals surface area (Å²) in [5.74, 6) is 1.63. The van der Waals surface area contributed by atoms with Crippen molar-refractivity contribution in [3.63, 3.8) is 0 Å². The zero-order valence-electron chi connectivity index (χ0n) is 15.7. The van der Waals surface area contributed by atoms with Gasteiger partial charge in [-0.3, -0.25) is 4.79 Å². The summed E-state index contributed by atoms with van der Waals surface area (Å²) in [5, 5.41) is 3.15. The van der Waals surface area contributed by atoms with Gasteiger partial charge in [-0.2, -0.15) is 0 Å². The Morgan fingerprint density at radius 3 is 2.08 bits per heavy atom. The fraction of sp³-hybridized carbons (Fsp3) is 0.409. The third-order valence-corrected chi connectivity index (χ3v) is 4.20. The van der Waals surface area contributed by atoms with Gasteiger partial charge in [-0.05, 0) is 41.5 Å². The van der Waals surface area contributed by atoms with Crippen LogP contribution in [0.25, 0.3) is 0 Å². The Bertz CT molecular complexity index is 651. The van der Waals surface area contributed by atoms with E-state index >= 15 is 0 Å². The molecule has 0 aliphatic heterocycles. The molecule has 0 aliphatic carbocycles. The summed E-state index contributed by atoms with van der Waals surface area (Å²) in [7, 11) is 0. The standard InChI is InChI=1S/C22H29NO2/c1-16(2)19-12-8-13-20(17(3)4)22(19)23-21(24)14-9-15-25-18-10-6-5-7-11-18/h5-8,10-13,16-17H,9,14-15H2,1-4H3,(H,23,24). The molecule has 0 aliphatic rings. The van der Waals surface area contributed by atoms with E-state index in [0.29, 0.717) is 31.3 Å². The summed E-state index contributed by atoms with van der Waals surface area (Å²) >= 11 is 0. The maximum Gasteiger partial charge on any atom is 0.224 e. The second-order valence-electron chi connectivity index (χ2n) is 6.93. The summed E-state index contributed by atoms with van der Waals surface area (Å²) in [5.41, 5.74) is 3.38. The average Bonchev–Trinajstić information content (AvgIpc) is 2.59. The van der Waals surface area contributed by atoms with Gasteiger partial charge in [-0.15, -0.1) is 0 Å². The molecule has 1 N–H and O–H groups in total. The normalized spacial score (nSPS) is 11.0. The molecule has 0 heterocycles. The molecule has 3 nitrogen and oxygen atoms in total. The second kappa shape index (κ2) is 9.26. The van der Waals surface area contributed by atoms with Crippen LogP contribution in [0.4, 0.5) is 5.69 Å². The molecule has 2 aromatic carbocycles. The number of ether oxygens (including phenoxy) is 1. The number of hydrogen-bond acceptors (Lipinski definition) is 2. The molecule has 0 spiro atoms. The monoisotopic (exact) mass is 339 g/mol.